The normalized spacial score (nSPS) is 13.1. The first kappa shape index (κ1) is 15.7. The van der Waals surface area contributed by atoms with E-state index in [0.717, 1.165) is 18.2 Å². The van der Waals surface area contributed by atoms with Crippen LogP contribution < -0.4 is 5.73 Å². The molecule has 0 aliphatic heterocycles. The van der Waals surface area contributed by atoms with Crippen LogP contribution in [0.5, 0.6) is 0 Å². The van der Waals surface area contributed by atoms with Crippen LogP contribution in [-0.4, -0.2) is 17.6 Å². The standard InChI is InChI=1S/C9H9BrF3NO.ClH/c10-7-3-5(11)1-2-6(7)8(14)9(12,13)4-15;/h1-3,8,15H,4,14H2;1H/t8-;/m1./s1. The van der Waals surface area contributed by atoms with Crippen molar-refractivity contribution in [1.29, 1.82) is 0 Å². The highest BCUT2D eigenvalue weighted by molar-refractivity contribution is 9.10. The van der Waals surface area contributed by atoms with E-state index in [1.807, 2.05) is 0 Å². The summed E-state index contributed by atoms with van der Waals surface area (Å²) in [7, 11) is 0. The van der Waals surface area contributed by atoms with Gasteiger partial charge in [0.05, 0.1) is 6.04 Å². The minimum Gasteiger partial charge on any atom is -0.390 e. The predicted molar refractivity (Wildman–Crippen MR) is 60.3 cm³/mol. The van der Waals surface area contributed by atoms with Gasteiger partial charge in [-0.15, -0.1) is 12.4 Å². The summed E-state index contributed by atoms with van der Waals surface area (Å²) in [6.45, 7) is -1.35. The zero-order valence-electron chi connectivity index (χ0n) is 7.96. The zero-order chi connectivity index (χ0) is 11.6. The average molecular weight is 321 g/mol. The van der Waals surface area contributed by atoms with Crippen molar-refractivity contribution >= 4 is 28.3 Å². The SMILES string of the molecule is Cl.N[C@H](c1ccc(F)cc1Br)C(F)(F)CO. The van der Waals surface area contributed by atoms with Crippen molar-refractivity contribution < 1.29 is 18.3 Å². The number of hydrogen-bond donors (Lipinski definition) is 2. The van der Waals surface area contributed by atoms with E-state index in [-0.39, 0.29) is 22.4 Å². The number of rotatable bonds is 3. The third-order valence-corrected chi connectivity index (χ3v) is 2.65. The van der Waals surface area contributed by atoms with E-state index in [0.29, 0.717) is 0 Å². The molecule has 0 aromatic heterocycles. The highest BCUT2D eigenvalue weighted by Gasteiger charge is 2.38. The summed E-state index contributed by atoms with van der Waals surface area (Å²) in [6.07, 6.45) is 0. The van der Waals surface area contributed by atoms with E-state index in [1.165, 1.54) is 0 Å². The van der Waals surface area contributed by atoms with Crippen LogP contribution in [0.1, 0.15) is 11.6 Å². The van der Waals surface area contributed by atoms with Crippen LogP contribution in [0.3, 0.4) is 0 Å². The highest BCUT2D eigenvalue weighted by atomic mass is 79.9. The second-order valence-corrected chi connectivity index (χ2v) is 3.92. The third-order valence-electron chi connectivity index (χ3n) is 1.96. The fourth-order valence-electron chi connectivity index (χ4n) is 1.08. The molecule has 0 aliphatic rings. The summed E-state index contributed by atoms with van der Waals surface area (Å²) in [5.41, 5.74) is 5.32. The molecule has 16 heavy (non-hydrogen) atoms. The Balaban J connectivity index is 0.00000225. The molecule has 0 amide bonds. The van der Waals surface area contributed by atoms with Crippen molar-refractivity contribution in [1.82, 2.24) is 0 Å². The van der Waals surface area contributed by atoms with Crippen molar-refractivity contribution in [3.05, 3.63) is 34.1 Å². The molecule has 0 bridgehead atoms. The molecule has 1 rings (SSSR count). The number of hydrogen-bond acceptors (Lipinski definition) is 2. The van der Waals surface area contributed by atoms with Gasteiger partial charge < -0.3 is 10.8 Å². The summed E-state index contributed by atoms with van der Waals surface area (Å²) >= 11 is 2.93. The lowest BCUT2D eigenvalue weighted by atomic mass is 10.0. The van der Waals surface area contributed by atoms with Gasteiger partial charge in [0.15, 0.2) is 0 Å². The molecule has 0 spiro atoms. The Morgan fingerprint density at radius 2 is 2.00 bits per heavy atom. The Hall–Kier alpha value is -0.300. The number of halogens is 5. The lowest BCUT2D eigenvalue weighted by molar-refractivity contribution is -0.0713. The summed E-state index contributed by atoms with van der Waals surface area (Å²) in [6, 6.07) is 1.57. The van der Waals surface area contributed by atoms with Crippen molar-refractivity contribution in [2.24, 2.45) is 5.73 Å². The molecule has 0 heterocycles. The van der Waals surface area contributed by atoms with Crippen LogP contribution in [0.4, 0.5) is 13.2 Å². The number of aliphatic hydroxyl groups excluding tert-OH is 1. The van der Waals surface area contributed by atoms with Gasteiger partial charge in [-0.2, -0.15) is 0 Å². The summed E-state index contributed by atoms with van der Waals surface area (Å²) in [4.78, 5) is 0. The topological polar surface area (TPSA) is 46.2 Å². The second-order valence-electron chi connectivity index (χ2n) is 3.06. The number of aliphatic hydroxyl groups is 1. The Morgan fingerprint density at radius 3 is 2.44 bits per heavy atom. The molecular weight excluding hydrogens is 310 g/mol. The predicted octanol–water partition coefficient (Wildman–Crippen LogP) is 2.64. The van der Waals surface area contributed by atoms with Gasteiger partial charge in [-0.3, -0.25) is 0 Å². The Bertz CT molecular complexity index is 365. The van der Waals surface area contributed by atoms with Gasteiger partial charge in [-0.1, -0.05) is 22.0 Å². The maximum Gasteiger partial charge on any atom is 0.289 e. The average Bonchev–Trinajstić information content (AvgIpc) is 2.17. The second kappa shape index (κ2) is 5.86. The molecular formula is C9H10BrClF3NO. The number of alkyl halides is 2. The van der Waals surface area contributed by atoms with Crippen LogP contribution in [0, 0.1) is 5.82 Å². The molecule has 0 saturated carbocycles. The van der Waals surface area contributed by atoms with Gasteiger partial charge in [0.1, 0.15) is 12.4 Å². The van der Waals surface area contributed by atoms with E-state index in [2.05, 4.69) is 15.9 Å². The smallest absolute Gasteiger partial charge is 0.289 e. The summed E-state index contributed by atoms with van der Waals surface area (Å²) in [5.74, 6) is -3.98. The molecule has 0 fully saturated rings. The van der Waals surface area contributed by atoms with Crippen LogP contribution in [0.2, 0.25) is 0 Å². The molecule has 0 unspecified atom stereocenters. The van der Waals surface area contributed by atoms with Crippen LogP contribution in [0.25, 0.3) is 0 Å². The molecule has 0 radical (unpaired) electrons. The lowest BCUT2D eigenvalue weighted by Gasteiger charge is -2.22. The van der Waals surface area contributed by atoms with Crippen LogP contribution in [0.15, 0.2) is 22.7 Å². The van der Waals surface area contributed by atoms with Gasteiger partial charge in [0.2, 0.25) is 0 Å². The monoisotopic (exact) mass is 319 g/mol. The number of nitrogens with two attached hydrogens (primary N) is 1. The first-order valence-electron chi connectivity index (χ1n) is 4.07. The van der Waals surface area contributed by atoms with Crippen molar-refractivity contribution in [2.45, 2.75) is 12.0 Å². The van der Waals surface area contributed by atoms with E-state index in [1.54, 1.807) is 0 Å². The van der Waals surface area contributed by atoms with Gasteiger partial charge in [-0.05, 0) is 17.7 Å². The van der Waals surface area contributed by atoms with Gasteiger partial charge >= 0.3 is 0 Å². The molecule has 7 heteroatoms. The Labute approximate surface area is 105 Å². The fraction of sp³-hybridized carbons (Fsp3) is 0.333. The van der Waals surface area contributed by atoms with Crippen LogP contribution in [-0.2, 0) is 0 Å². The van der Waals surface area contributed by atoms with Crippen LogP contribution >= 0.6 is 28.3 Å². The molecule has 0 saturated heterocycles. The quantitative estimate of drug-likeness (QED) is 0.899. The molecule has 92 valence electrons. The fourth-order valence-corrected chi connectivity index (χ4v) is 1.68. The lowest BCUT2D eigenvalue weighted by Crippen LogP contribution is -2.36. The summed E-state index contributed by atoms with van der Waals surface area (Å²) < 4.78 is 38.9. The minimum absolute atomic E-state index is 0. The van der Waals surface area contributed by atoms with E-state index in [4.69, 9.17) is 10.8 Å². The largest absolute Gasteiger partial charge is 0.390 e. The van der Waals surface area contributed by atoms with Crippen molar-refractivity contribution in [3.8, 4) is 0 Å². The van der Waals surface area contributed by atoms with Gasteiger partial charge in [-0.25, -0.2) is 13.2 Å². The van der Waals surface area contributed by atoms with Gasteiger partial charge in [0.25, 0.3) is 5.92 Å². The third kappa shape index (κ3) is 3.35. The molecule has 2 nitrogen and oxygen atoms in total. The van der Waals surface area contributed by atoms with Crippen molar-refractivity contribution in [3.63, 3.8) is 0 Å². The Kier molecular flexibility index (Phi) is 5.75. The van der Waals surface area contributed by atoms with E-state index >= 15 is 0 Å². The molecule has 0 aliphatic carbocycles. The first-order chi connectivity index (χ1) is 6.88. The number of benzene rings is 1. The molecule has 1 atom stereocenters. The maximum absolute atomic E-state index is 13.0. The van der Waals surface area contributed by atoms with Gasteiger partial charge in [0, 0.05) is 4.47 Å². The maximum atomic E-state index is 13.0. The molecule has 3 N–H and O–H groups in total. The highest BCUT2D eigenvalue weighted by Crippen LogP contribution is 2.33. The first-order valence-corrected chi connectivity index (χ1v) is 4.87. The summed E-state index contributed by atoms with van der Waals surface area (Å²) in [5, 5.41) is 8.45. The van der Waals surface area contributed by atoms with Crippen molar-refractivity contribution in [2.75, 3.05) is 6.61 Å². The molecule has 1 aromatic rings. The Morgan fingerprint density at radius 1 is 1.44 bits per heavy atom. The van der Waals surface area contributed by atoms with E-state index < -0.39 is 24.4 Å². The van der Waals surface area contributed by atoms with E-state index in [9.17, 15) is 13.2 Å². The molecule has 1 aromatic carbocycles. The zero-order valence-corrected chi connectivity index (χ0v) is 10.4. The minimum atomic E-state index is -3.43.